The molecule has 1 aromatic carbocycles. The molecule has 1 aliphatic heterocycles. The van der Waals surface area contributed by atoms with Crippen LogP contribution in [-0.2, 0) is 21.2 Å². The minimum atomic E-state index is -3.03. The minimum Gasteiger partial charge on any atom is -0.330 e. The van der Waals surface area contributed by atoms with Gasteiger partial charge in [-0.25, -0.2) is 8.42 Å². The molecule has 1 aliphatic rings. The fourth-order valence-electron chi connectivity index (χ4n) is 2.81. The van der Waals surface area contributed by atoms with E-state index in [1.165, 1.54) is 6.08 Å². The second kappa shape index (κ2) is 7.32. The van der Waals surface area contributed by atoms with Gasteiger partial charge >= 0.3 is 0 Å². The quantitative estimate of drug-likeness (QED) is 0.770. The van der Waals surface area contributed by atoms with Crippen LogP contribution in [0, 0.1) is 0 Å². The number of carbonyl (C=O) groups excluding carboxylic acids is 1. The number of hydrogen-bond acceptors (Lipinski definition) is 4. The highest BCUT2D eigenvalue weighted by molar-refractivity contribution is 7.91. The van der Waals surface area contributed by atoms with E-state index in [0.29, 0.717) is 13.0 Å². The zero-order valence-corrected chi connectivity index (χ0v) is 14.8. The van der Waals surface area contributed by atoms with Crippen molar-refractivity contribution in [3.05, 3.63) is 64.4 Å². The summed E-state index contributed by atoms with van der Waals surface area (Å²) in [5.41, 5.74) is 0.945. The lowest BCUT2D eigenvalue weighted by Crippen LogP contribution is -2.39. The summed E-state index contributed by atoms with van der Waals surface area (Å²) in [6, 6.07) is 13.3. The molecule has 1 fully saturated rings. The van der Waals surface area contributed by atoms with Crippen LogP contribution in [0.15, 0.2) is 53.9 Å². The molecule has 1 saturated heterocycles. The van der Waals surface area contributed by atoms with Crippen molar-refractivity contribution in [1.29, 1.82) is 0 Å². The lowest BCUT2D eigenvalue weighted by atomic mass is 10.2. The van der Waals surface area contributed by atoms with Gasteiger partial charge in [-0.3, -0.25) is 4.79 Å². The molecule has 6 heteroatoms. The van der Waals surface area contributed by atoms with Gasteiger partial charge in [-0.2, -0.15) is 0 Å². The van der Waals surface area contributed by atoms with Gasteiger partial charge < -0.3 is 4.90 Å². The van der Waals surface area contributed by atoms with Crippen molar-refractivity contribution in [2.75, 3.05) is 11.5 Å². The van der Waals surface area contributed by atoms with Crippen LogP contribution < -0.4 is 0 Å². The highest BCUT2D eigenvalue weighted by Crippen LogP contribution is 2.22. The SMILES string of the molecule is O=C(/C=C\c1ccccc1)N(Cc1cccs1)[C@@H]1CCS(=O)(=O)C1. The molecule has 2 heterocycles. The highest BCUT2D eigenvalue weighted by Gasteiger charge is 2.34. The maximum atomic E-state index is 12.7. The number of nitrogens with zero attached hydrogens (tertiary/aromatic N) is 1. The van der Waals surface area contributed by atoms with E-state index in [1.54, 1.807) is 22.3 Å². The lowest BCUT2D eigenvalue weighted by Gasteiger charge is -2.26. The molecule has 0 spiro atoms. The predicted molar refractivity (Wildman–Crippen MR) is 97.4 cm³/mol. The molecule has 0 bridgehead atoms. The summed E-state index contributed by atoms with van der Waals surface area (Å²) in [5.74, 6) is 0.0757. The lowest BCUT2D eigenvalue weighted by molar-refractivity contribution is -0.128. The van der Waals surface area contributed by atoms with Crippen molar-refractivity contribution in [1.82, 2.24) is 4.90 Å². The summed E-state index contributed by atoms with van der Waals surface area (Å²) in [5, 5.41) is 1.96. The van der Waals surface area contributed by atoms with E-state index in [1.807, 2.05) is 47.8 Å². The number of sulfone groups is 1. The smallest absolute Gasteiger partial charge is 0.247 e. The van der Waals surface area contributed by atoms with Crippen LogP contribution >= 0.6 is 11.3 Å². The number of carbonyl (C=O) groups is 1. The average molecular weight is 361 g/mol. The van der Waals surface area contributed by atoms with Gasteiger partial charge in [0.1, 0.15) is 0 Å². The Hall–Kier alpha value is -1.92. The van der Waals surface area contributed by atoms with Crippen molar-refractivity contribution in [3.8, 4) is 0 Å². The van der Waals surface area contributed by atoms with Gasteiger partial charge in [0.15, 0.2) is 9.84 Å². The monoisotopic (exact) mass is 361 g/mol. The first-order valence-corrected chi connectivity index (χ1v) is 10.5. The Morgan fingerprint density at radius 1 is 1.21 bits per heavy atom. The Kier molecular flexibility index (Phi) is 5.16. The molecular weight excluding hydrogens is 342 g/mol. The third-order valence-electron chi connectivity index (χ3n) is 4.06. The Morgan fingerprint density at radius 3 is 2.62 bits per heavy atom. The van der Waals surface area contributed by atoms with E-state index in [0.717, 1.165) is 10.4 Å². The van der Waals surface area contributed by atoms with Crippen molar-refractivity contribution >= 4 is 33.2 Å². The van der Waals surface area contributed by atoms with Crippen LogP contribution in [0.1, 0.15) is 16.9 Å². The van der Waals surface area contributed by atoms with Crippen LogP contribution in [-0.4, -0.2) is 36.8 Å². The van der Waals surface area contributed by atoms with E-state index >= 15 is 0 Å². The minimum absolute atomic E-state index is 0.0588. The van der Waals surface area contributed by atoms with Crippen molar-refractivity contribution in [3.63, 3.8) is 0 Å². The van der Waals surface area contributed by atoms with E-state index < -0.39 is 9.84 Å². The Balaban J connectivity index is 1.78. The van der Waals surface area contributed by atoms with Gasteiger partial charge in [-0.1, -0.05) is 36.4 Å². The molecule has 24 heavy (non-hydrogen) atoms. The molecule has 4 nitrogen and oxygen atoms in total. The number of amides is 1. The van der Waals surface area contributed by atoms with Crippen molar-refractivity contribution < 1.29 is 13.2 Å². The van der Waals surface area contributed by atoms with E-state index in [4.69, 9.17) is 0 Å². The van der Waals surface area contributed by atoms with Gasteiger partial charge in [0.05, 0.1) is 18.1 Å². The fraction of sp³-hybridized carbons (Fsp3) is 0.278. The number of rotatable bonds is 5. The summed E-state index contributed by atoms with van der Waals surface area (Å²) in [7, 11) is -3.03. The number of thiophene rings is 1. The van der Waals surface area contributed by atoms with Crippen LogP contribution in [0.25, 0.3) is 6.08 Å². The average Bonchev–Trinajstić information content (AvgIpc) is 3.20. The van der Waals surface area contributed by atoms with Gasteiger partial charge in [-0.15, -0.1) is 11.3 Å². The van der Waals surface area contributed by atoms with Crippen molar-refractivity contribution in [2.24, 2.45) is 0 Å². The van der Waals surface area contributed by atoms with Gasteiger partial charge in [0.2, 0.25) is 5.91 Å². The molecule has 0 radical (unpaired) electrons. The van der Waals surface area contributed by atoms with Crippen LogP contribution in [0.5, 0.6) is 0 Å². The standard InChI is InChI=1S/C18H19NO3S2/c20-18(9-8-15-5-2-1-3-6-15)19(13-17-7-4-11-23-17)16-10-12-24(21,22)14-16/h1-9,11,16H,10,12-14H2/b9-8-/t16-/m1/s1. The van der Waals surface area contributed by atoms with Gasteiger partial charge in [0.25, 0.3) is 0 Å². The van der Waals surface area contributed by atoms with Gasteiger partial charge in [0, 0.05) is 17.0 Å². The Morgan fingerprint density at radius 2 is 2.00 bits per heavy atom. The molecule has 0 saturated carbocycles. The second-order valence-electron chi connectivity index (χ2n) is 5.85. The fourth-order valence-corrected chi connectivity index (χ4v) is 5.24. The van der Waals surface area contributed by atoms with E-state index in [9.17, 15) is 13.2 Å². The first-order valence-electron chi connectivity index (χ1n) is 7.80. The largest absolute Gasteiger partial charge is 0.330 e. The molecular formula is C18H19NO3S2. The zero-order chi connectivity index (χ0) is 17.0. The first kappa shape index (κ1) is 16.9. The van der Waals surface area contributed by atoms with Gasteiger partial charge in [-0.05, 0) is 29.5 Å². The predicted octanol–water partition coefficient (Wildman–Crippen LogP) is 2.98. The summed E-state index contributed by atoms with van der Waals surface area (Å²) < 4.78 is 23.6. The third kappa shape index (κ3) is 4.33. The molecule has 0 unspecified atom stereocenters. The normalized spacial score (nSPS) is 19.6. The maximum absolute atomic E-state index is 12.7. The zero-order valence-electron chi connectivity index (χ0n) is 13.2. The first-order chi connectivity index (χ1) is 11.5. The molecule has 126 valence electrons. The topological polar surface area (TPSA) is 54.5 Å². The van der Waals surface area contributed by atoms with E-state index in [-0.39, 0.29) is 23.5 Å². The highest BCUT2D eigenvalue weighted by atomic mass is 32.2. The summed E-state index contributed by atoms with van der Waals surface area (Å²) in [4.78, 5) is 15.4. The molecule has 0 aliphatic carbocycles. The molecule has 1 amide bonds. The van der Waals surface area contributed by atoms with Crippen LogP contribution in [0.3, 0.4) is 0 Å². The number of hydrogen-bond donors (Lipinski definition) is 0. The maximum Gasteiger partial charge on any atom is 0.247 e. The Labute approximate surface area is 146 Å². The second-order valence-corrected chi connectivity index (χ2v) is 9.11. The van der Waals surface area contributed by atoms with Crippen LogP contribution in [0.4, 0.5) is 0 Å². The molecule has 1 aromatic heterocycles. The van der Waals surface area contributed by atoms with Crippen molar-refractivity contribution in [2.45, 2.75) is 19.0 Å². The summed E-state index contributed by atoms with van der Waals surface area (Å²) in [6.07, 6.45) is 3.82. The molecule has 1 atom stereocenters. The third-order valence-corrected chi connectivity index (χ3v) is 6.67. The number of benzene rings is 1. The Bertz CT molecular complexity index is 811. The molecule has 2 aromatic rings. The van der Waals surface area contributed by atoms with E-state index in [2.05, 4.69) is 0 Å². The molecule has 3 rings (SSSR count). The molecule has 0 N–H and O–H groups in total. The summed E-state index contributed by atoms with van der Waals surface area (Å²) in [6.45, 7) is 0.454. The van der Waals surface area contributed by atoms with Crippen LogP contribution in [0.2, 0.25) is 0 Å². The summed E-state index contributed by atoms with van der Waals surface area (Å²) >= 11 is 1.57.